The summed E-state index contributed by atoms with van der Waals surface area (Å²) in [6.45, 7) is 22.7. The summed E-state index contributed by atoms with van der Waals surface area (Å²) >= 11 is 7.17. The summed E-state index contributed by atoms with van der Waals surface area (Å²) < 4.78 is 49.1. The van der Waals surface area contributed by atoms with Crippen LogP contribution in [0.15, 0.2) is 18.5 Å². The Morgan fingerprint density at radius 1 is 0.970 bits per heavy atom. The predicted octanol–water partition coefficient (Wildman–Crippen LogP) is 10.1. The van der Waals surface area contributed by atoms with E-state index in [0.717, 1.165) is 89.3 Å². The highest BCUT2D eigenvalue weighted by molar-refractivity contribution is 6.33. The molecule has 1 aromatic carbocycles. The average molecular weight is 955 g/mol. The number of likely N-dealkylation sites (tertiary alicyclic amines) is 1. The van der Waals surface area contributed by atoms with E-state index in [2.05, 4.69) is 9.88 Å². The maximum atomic E-state index is 17.5. The van der Waals surface area contributed by atoms with Gasteiger partial charge in [-0.25, -0.2) is 9.07 Å². The van der Waals surface area contributed by atoms with Gasteiger partial charge < -0.3 is 33.7 Å². The van der Waals surface area contributed by atoms with Gasteiger partial charge in [-0.15, -0.1) is 0 Å². The molecule has 3 aromatic heterocycles. The number of aromatic nitrogens is 5. The quantitative estimate of drug-likeness (QED) is 0.0894. The van der Waals surface area contributed by atoms with Gasteiger partial charge in [-0.1, -0.05) is 25.4 Å². The van der Waals surface area contributed by atoms with E-state index in [1.54, 1.807) is 31.3 Å². The molecule has 3 atom stereocenters. The predicted molar refractivity (Wildman–Crippen MR) is 261 cm³/mol. The first-order valence-corrected chi connectivity index (χ1v) is 25.1. The second-order valence-corrected chi connectivity index (χ2v) is 21.2. The molecule has 4 aliphatic heterocycles. The van der Waals surface area contributed by atoms with E-state index in [9.17, 15) is 9.90 Å². The Labute approximate surface area is 402 Å². The summed E-state index contributed by atoms with van der Waals surface area (Å²) in [6, 6.07) is 1.95. The Morgan fingerprint density at radius 2 is 1.70 bits per heavy atom. The molecule has 4 fully saturated rings. The summed E-state index contributed by atoms with van der Waals surface area (Å²) in [6.07, 6.45) is 14.5. The second kappa shape index (κ2) is 22.8. The minimum absolute atomic E-state index is 0.0417. The van der Waals surface area contributed by atoms with Crippen molar-refractivity contribution in [2.45, 2.75) is 168 Å². The number of amides is 1. The Bertz CT molecular complexity index is 2240. The zero-order valence-corrected chi connectivity index (χ0v) is 42.6. The van der Waals surface area contributed by atoms with E-state index in [4.69, 9.17) is 50.4 Å². The van der Waals surface area contributed by atoms with Gasteiger partial charge >= 0.3 is 6.01 Å². The number of ether oxygens (including phenoxy) is 5. The van der Waals surface area contributed by atoms with Gasteiger partial charge in [0.25, 0.3) is 0 Å². The van der Waals surface area contributed by atoms with Crippen LogP contribution in [-0.4, -0.2) is 128 Å². The zero-order valence-electron chi connectivity index (χ0n) is 41.9. The van der Waals surface area contributed by atoms with Crippen LogP contribution in [0, 0.1) is 11.7 Å². The van der Waals surface area contributed by atoms with Crippen LogP contribution < -0.4 is 9.47 Å². The lowest BCUT2D eigenvalue weighted by Crippen LogP contribution is -2.43. The molecule has 7 heterocycles. The van der Waals surface area contributed by atoms with Crippen molar-refractivity contribution < 1.29 is 38.0 Å². The molecule has 14 nitrogen and oxygen atoms in total. The smallest absolute Gasteiger partial charge is 0.320 e. The van der Waals surface area contributed by atoms with Gasteiger partial charge in [-0.05, 0) is 156 Å². The van der Waals surface area contributed by atoms with E-state index in [-0.39, 0.29) is 53.0 Å². The molecule has 4 saturated heterocycles. The van der Waals surface area contributed by atoms with Crippen molar-refractivity contribution in [2.24, 2.45) is 5.92 Å². The molecule has 67 heavy (non-hydrogen) atoms. The van der Waals surface area contributed by atoms with Crippen LogP contribution in [0.3, 0.4) is 0 Å². The number of hydrogen-bond acceptors (Lipinski definition) is 12. The molecular weight excluding hydrogens is 877 g/mol. The lowest BCUT2D eigenvalue weighted by atomic mass is 9.87. The first-order valence-electron chi connectivity index (χ1n) is 24.7. The maximum absolute atomic E-state index is 17.5. The largest absolute Gasteiger partial charge is 0.471 e. The molecule has 0 radical (unpaired) electrons. The highest BCUT2D eigenvalue weighted by atomic mass is 35.5. The van der Waals surface area contributed by atoms with E-state index in [1.807, 2.05) is 66.1 Å². The maximum Gasteiger partial charge on any atom is 0.320 e. The number of carbonyl (C=O) groups excluding carboxylic acids is 1. The summed E-state index contributed by atoms with van der Waals surface area (Å²) in [5.41, 5.74) is 0.418. The topological polar surface area (TPSA) is 146 Å². The number of methoxy groups -OCH3 is 1. The Hall–Kier alpha value is -3.73. The van der Waals surface area contributed by atoms with Crippen molar-refractivity contribution in [3.63, 3.8) is 0 Å². The third kappa shape index (κ3) is 13.3. The summed E-state index contributed by atoms with van der Waals surface area (Å²) in [4.78, 5) is 29.8. The Balaban J connectivity index is 0.000000859. The van der Waals surface area contributed by atoms with Gasteiger partial charge in [0, 0.05) is 55.6 Å². The number of nitrogens with zero attached hydrogens (tertiary/aromatic N) is 7. The molecule has 16 heteroatoms. The third-order valence-electron chi connectivity index (χ3n) is 13.1. The van der Waals surface area contributed by atoms with E-state index < -0.39 is 17.0 Å². The van der Waals surface area contributed by atoms with Gasteiger partial charge in [0.05, 0.1) is 40.4 Å². The number of halogens is 2. The number of fused-ring (bicyclic) bond motifs is 3. The monoisotopic (exact) mass is 954 g/mol. The molecule has 0 aliphatic carbocycles. The first-order chi connectivity index (χ1) is 31.9. The molecule has 372 valence electrons. The van der Waals surface area contributed by atoms with Crippen LogP contribution in [0.1, 0.15) is 145 Å². The third-order valence-corrected chi connectivity index (χ3v) is 13.4. The van der Waals surface area contributed by atoms with Crippen molar-refractivity contribution in [1.29, 1.82) is 0 Å². The van der Waals surface area contributed by atoms with E-state index >= 15 is 4.39 Å². The van der Waals surface area contributed by atoms with Crippen LogP contribution in [-0.2, 0) is 25.4 Å². The summed E-state index contributed by atoms with van der Waals surface area (Å²) in [7, 11) is 1.71. The Morgan fingerprint density at radius 3 is 2.36 bits per heavy atom. The standard InChI is InChI=1S/C44H59ClFN7O6.C5H12O.C2H6/c1-42(2,3)59-40-32-23-47-39(37(46)38(32)49-41(50-40)58-27-44-14-9-17-52(44)18-10-15-44)36-30(33(45)21-34-31(36)24-48-53(34)35-13-5-6-20-57-35)12-8-19-56-26-43(4,55)22-29-11-7-16-51(25-29)28-54;1-5(2,3)6-4;1-2/h21,23-24,28-29,35,55H,5-20,22,25-27H2,1-4H3;1-4H3;1-2H3/t29?,35?,43-;;/m1../s1. The minimum atomic E-state index is -1.04. The number of benzene rings is 1. The number of piperidine rings is 1. The molecule has 4 aliphatic rings. The van der Waals surface area contributed by atoms with Crippen molar-refractivity contribution in [1.82, 2.24) is 34.5 Å². The molecule has 1 N–H and O–H groups in total. The number of aliphatic hydroxyl groups is 1. The van der Waals surface area contributed by atoms with Crippen LogP contribution >= 0.6 is 11.6 Å². The van der Waals surface area contributed by atoms with Gasteiger partial charge in [-0.2, -0.15) is 15.1 Å². The average Bonchev–Trinajstić information content (AvgIpc) is 4.01. The summed E-state index contributed by atoms with van der Waals surface area (Å²) in [5, 5.41) is 17.5. The fourth-order valence-corrected chi connectivity index (χ4v) is 10.1. The normalized spacial score (nSPS) is 20.7. The number of rotatable bonds is 15. The van der Waals surface area contributed by atoms with Crippen molar-refractivity contribution in [3.05, 3.63) is 34.9 Å². The molecule has 2 unspecified atom stereocenters. The van der Waals surface area contributed by atoms with Crippen LogP contribution in [0.25, 0.3) is 33.1 Å². The second-order valence-electron chi connectivity index (χ2n) is 20.8. The number of pyridine rings is 1. The van der Waals surface area contributed by atoms with E-state index in [0.29, 0.717) is 72.5 Å². The molecule has 0 spiro atoms. The van der Waals surface area contributed by atoms with Gasteiger partial charge in [-0.3, -0.25) is 14.7 Å². The molecule has 0 saturated carbocycles. The van der Waals surface area contributed by atoms with E-state index in [1.165, 1.54) is 0 Å². The minimum Gasteiger partial charge on any atom is -0.471 e. The van der Waals surface area contributed by atoms with Crippen LogP contribution in [0.4, 0.5) is 4.39 Å². The SMILES string of the molecule is CC.CC(C)(C)Oc1nc(OCC23CCCN2CCC3)nc2c(F)c(-c3c(CCCOC[C@](C)(O)CC4CCCN(C=O)C4)c(Cl)cc4c3cnn4C3CCCCO3)ncc12.COC(C)(C)C. The van der Waals surface area contributed by atoms with Gasteiger partial charge in [0.1, 0.15) is 23.4 Å². The van der Waals surface area contributed by atoms with Gasteiger partial charge in [0.2, 0.25) is 12.3 Å². The highest BCUT2D eigenvalue weighted by Crippen LogP contribution is 2.43. The fraction of sp³-hybridized carbons (Fsp3) is 0.706. The molecule has 4 aromatic rings. The molecular formula is C51H77ClFN7O7. The van der Waals surface area contributed by atoms with Crippen molar-refractivity contribution in [2.75, 3.05) is 59.7 Å². The van der Waals surface area contributed by atoms with Crippen LogP contribution in [0.2, 0.25) is 5.02 Å². The van der Waals surface area contributed by atoms with Crippen LogP contribution in [0.5, 0.6) is 11.9 Å². The molecule has 1 amide bonds. The lowest BCUT2D eigenvalue weighted by molar-refractivity contribution is -0.120. The molecule has 8 rings (SSSR count). The number of carbonyl (C=O) groups is 1. The number of hydrogen-bond donors (Lipinski definition) is 1. The lowest BCUT2D eigenvalue weighted by Gasteiger charge is -2.34. The van der Waals surface area contributed by atoms with Gasteiger partial charge in [0.15, 0.2) is 12.0 Å². The Kier molecular flexibility index (Phi) is 17.9. The highest BCUT2D eigenvalue weighted by Gasteiger charge is 2.45. The fourth-order valence-electron chi connectivity index (χ4n) is 9.82. The van der Waals surface area contributed by atoms with Crippen molar-refractivity contribution >= 4 is 39.8 Å². The zero-order chi connectivity index (χ0) is 48.6. The van der Waals surface area contributed by atoms with Crippen molar-refractivity contribution in [3.8, 4) is 23.1 Å². The molecule has 0 bridgehead atoms. The first kappa shape index (κ1) is 52.6. The summed E-state index contributed by atoms with van der Waals surface area (Å²) in [5.74, 6) is -0.206.